The molecule has 0 spiro atoms. The van der Waals surface area contributed by atoms with Crippen LogP contribution in [-0.2, 0) is 16.1 Å². The Labute approximate surface area is 153 Å². The predicted molar refractivity (Wildman–Crippen MR) is 98.3 cm³/mol. The zero-order valence-corrected chi connectivity index (χ0v) is 15.2. The Kier molecular flexibility index (Phi) is 5.71. The molecule has 1 aromatic carbocycles. The van der Waals surface area contributed by atoms with Crippen molar-refractivity contribution in [1.82, 2.24) is 10.5 Å². The lowest BCUT2D eigenvalue weighted by Crippen LogP contribution is -2.35. The molecule has 1 aliphatic rings. The summed E-state index contributed by atoms with van der Waals surface area (Å²) in [7, 11) is 0. The van der Waals surface area contributed by atoms with Crippen LogP contribution < -0.4 is 10.6 Å². The lowest BCUT2D eigenvalue weighted by Gasteiger charge is -2.26. The van der Waals surface area contributed by atoms with Crippen LogP contribution in [0.5, 0.6) is 0 Å². The van der Waals surface area contributed by atoms with Gasteiger partial charge in [-0.2, -0.15) is 0 Å². The lowest BCUT2D eigenvalue weighted by molar-refractivity contribution is -0.128. The summed E-state index contributed by atoms with van der Waals surface area (Å²) in [6.45, 7) is 4.37. The number of nitrogens with zero attached hydrogens (tertiary/aromatic N) is 1. The molecule has 1 aromatic heterocycles. The van der Waals surface area contributed by atoms with Gasteiger partial charge in [0.2, 0.25) is 11.8 Å². The monoisotopic (exact) mass is 355 g/mol. The van der Waals surface area contributed by atoms with Crippen LogP contribution in [0.1, 0.15) is 42.6 Å². The normalized spacial score (nSPS) is 19.8. The van der Waals surface area contributed by atoms with E-state index in [0.717, 1.165) is 18.4 Å². The average Bonchev–Trinajstić information content (AvgIpc) is 3.04. The summed E-state index contributed by atoms with van der Waals surface area (Å²) in [5, 5.41) is 9.59. The second-order valence-electron chi connectivity index (χ2n) is 7.07. The van der Waals surface area contributed by atoms with Crippen LogP contribution in [0, 0.1) is 25.7 Å². The summed E-state index contributed by atoms with van der Waals surface area (Å²) in [5.74, 6) is 1.06. The van der Waals surface area contributed by atoms with E-state index in [-0.39, 0.29) is 23.7 Å². The zero-order chi connectivity index (χ0) is 18.5. The Balaban J connectivity index is 1.44. The number of carbonyl (C=O) groups excluding carboxylic acids is 2. The van der Waals surface area contributed by atoms with Gasteiger partial charge in [-0.25, -0.2) is 0 Å². The summed E-state index contributed by atoms with van der Waals surface area (Å²) in [4.78, 5) is 24.7. The number of benzene rings is 1. The largest absolute Gasteiger partial charge is 0.360 e. The Hall–Kier alpha value is -2.63. The number of aromatic nitrogens is 1. The van der Waals surface area contributed by atoms with E-state index >= 15 is 0 Å². The summed E-state index contributed by atoms with van der Waals surface area (Å²) >= 11 is 0. The minimum Gasteiger partial charge on any atom is -0.360 e. The maximum absolute atomic E-state index is 12.4. The highest BCUT2D eigenvalue weighted by Gasteiger charge is 2.30. The number of carbonyl (C=O) groups is 2. The van der Waals surface area contributed by atoms with Crippen LogP contribution in [0.3, 0.4) is 0 Å². The van der Waals surface area contributed by atoms with Gasteiger partial charge in [-0.05, 0) is 45.1 Å². The molecule has 2 N–H and O–H groups in total. The van der Waals surface area contributed by atoms with Crippen LogP contribution in [0.25, 0.3) is 0 Å². The first kappa shape index (κ1) is 18.2. The third-order valence-electron chi connectivity index (χ3n) is 4.90. The van der Waals surface area contributed by atoms with Crippen LogP contribution >= 0.6 is 0 Å². The Morgan fingerprint density at radius 1 is 1.08 bits per heavy atom. The van der Waals surface area contributed by atoms with Crippen molar-refractivity contribution in [3.05, 3.63) is 47.2 Å². The van der Waals surface area contributed by atoms with Gasteiger partial charge in [0.1, 0.15) is 5.76 Å². The molecule has 1 heterocycles. The Bertz CT molecular complexity index is 776. The van der Waals surface area contributed by atoms with Crippen molar-refractivity contribution in [2.75, 3.05) is 5.32 Å². The maximum Gasteiger partial charge on any atom is 0.228 e. The van der Waals surface area contributed by atoms with Gasteiger partial charge in [-0.15, -0.1) is 0 Å². The zero-order valence-electron chi connectivity index (χ0n) is 15.2. The van der Waals surface area contributed by atoms with Crippen molar-refractivity contribution in [2.24, 2.45) is 11.8 Å². The van der Waals surface area contributed by atoms with Gasteiger partial charge in [0.25, 0.3) is 0 Å². The Morgan fingerprint density at radius 2 is 1.77 bits per heavy atom. The third kappa shape index (κ3) is 4.71. The number of anilines is 1. The van der Waals surface area contributed by atoms with Crippen LogP contribution in [0.15, 0.2) is 34.9 Å². The van der Waals surface area contributed by atoms with E-state index in [2.05, 4.69) is 21.9 Å². The summed E-state index contributed by atoms with van der Waals surface area (Å²) in [5.41, 5.74) is 2.29. The first-order valence-electron chi connectivity index (χ1n) is 9.08. The number of aryl methyl sites for hydroxylation is 2. The summed E-state index contributed by atoms with van der Waals surface area (Å²) in [6, 6.07) is 9.82. The number of hydrogen-bond acceptors (Lipinski definition) is 4. The minimum atomic E-state index is -0.0761. The standard InChI is InChI=1S/C20H25N3O3/c1-13-4-3-5-15(10-13)12-21-19(24)16-6-8-17(9-7-16)20(25)22-18-11-14(2)26-23-18/h3-5,10-11,16-17H,6-9,12H2,1-2H3,(H,21,24)(H,22,23,25). The van der Waals surface area contributed by atoms with Crippen molar-refractivity contribution < 1.29 is 14.1 Å². The van der Waals surface area contributed by atoms with Crippen molar-refractivity contribution in [3.8, 4) is 0 Å². The highest BCUT2D eigenvalue weighted by Crippen LogP contribution is 2.30. The van der Waals surface area contributed by atoms with Gasteiger partial charge in [0, 0.05) is 24.4 Å². The molecule has 26 heavy (non-hydrogen) atoms. The highest BCUT2D eigenvalue weighted by atomic mass is 16.5. The first-order chi connectivity index (χ1) is 12.5. The highest BCUT2D eigenvalue weighted by molar-refractivity contribution is 5.91. The van der Waals surface area contributed by atoms with E-state index < -0.39 is 0 Å². The van der Waals surface area contributed by atoms with Gasteiger partial charge in [0.05, 0.1) is 0 Å². The predicted octanol–water partition coefficient (Wildman–Crippen LogP) is 3.35. The molecule has 0 radical (unpaired) electrons. The molecule has 0 saturated heterocycles. The second kappa shape index (κ2) is 8.17. The molecular formula is C20H25N3O3. The SMILES string of the molecule is Cc1cccc(CNC(=O)C2CCC(C(=O)Nc3cc(C)on3)CC2)c1. The molecule has 0 bridgehead atoms. The van der Waals surface area contributed by atoms with Crippen molar-refractivity contribution in [1.29, 1.82) is 0 Å². The molecule has 138 valence electrons. The van der Waals surface area contributed by atoms with E-state index in [1.807, 2.05) is 25.1 Å². The van der Waals surface area contributed by atoms with Crippen LogP contribution in [0.2, 0.25) is 0 Å². The average molecular weight is 355 g/mol. The fourth-order valence-electron chi connectivity index (χ4n) is 3.43. The fourth-order valence-corrected chi connectivity index (χ4v) is 3.43. The van der Waals surface area contributed by atoms with Crippen molar-refractivity contribution in [3.63, 3.8) is 0 Å². The van der Waals surface area contributed by atoms with E-state index in [0.29, 0.717) is 31.0 Å². The van der Waals surface area contributed by atoms with Gasteiger partial charge < -0.3 is 15.2 Å². The van der Waals surface area contributed by atoms with Crippen molar-refractivity contribution in [2.45, 2.75) is 46.1 Å². The topological polar surface area (TPSA) is 84.2 Å². The van der Waals surface area contributed by atoms with Gasteiger partial charge >= 0.3 is 0 Å². The number of hydrogen-bond donors (Lipinski definition) is 2. The molecule has 2 amide bonds. The smallest absolute Gasteiger partial charge is 0.228 e. The quantitative estimate of drug-likeness (QED) is 0.861. The van der Waals surface area contributed by atoms with Gasteiger partial charge in [-0.3, -0.25) is 9.59 Å². The molecule has 2 aromatic rings. The van der Waals surface area contributed by atoms with Crippen LogP contribution in [-0.4, -0.2) is 17.0 Å². The summed E-state index contributed by atoms with van der Waals surface area (Å²) in [6.07, 6.45) is 2.89. The molecule has 6 nitrogen and oxygen atoms in total. The number of nitrogens with one attached hydrogen (secondary N) is 2. The molecular weight excluding hydrogens is 330 g/mol. The molecule has 1 aliphatic carbocycles. The molecule has 6 heteroatoms. The Morgan fingerprint density at radius 3 is 2.38 bits per heavy atom. The molecule has 0 aliphatic heterocycles. The number of rotatable bonds is 5. The molecule has 1 saturated carbocycles. The van der Waals surface area contributed by atoms with Crippen molar-refractivity contribution >= 4 is 17.6 Å². The van der Waals surface area contributed by atoms with Gasteiger partial charge in [-0.1, -0.05) is 35.0 Å². The lowest BCUT2D eigenvalue weighted by atomic mass is 9.81. The first-order valence-corrected chi connectivity index (χ1v) is 9.08. The number of amides is 2. The fraction of sp³-hybridized carbons (Fsp3) is 0.450. The molecule has 1 fully saturated rings. The maximum atomic E-state index is 12.4. The van der Waals surface area contributed by atoms with E-state index in [9.17, 15) is 9.59 Å². The second-order valence-corrected chi connectivity index (χ2v) is 7.07. The molecule has 0 unspecified atom stereocenters. The van der Waals surface area contributed by atoms with E-state index in [1.165, 1.54) is 5.56 Å². The van der Waals surface area contributed by atoms with E-state index in [4.69, 9.17) is 4.52 Å². The molecule has 0 atom stereocenters. The van der Waals surface area contributed by atoms with E-state index in [1.54, 1.807) is 13.0 Å². The summed E-state index contributed by atoms with van der Waals surface area (Å²) < 4.78 is 4.95. The van der Waals surface area contributed by atoms with Crippen LogP contribution in [0.4, 0.5) is 5.82 Å². The van der Waals surface area contributed by atoms with Gasteiger partial charge in [0.15, 0.2) is 5.82 Å². The third-order valence-corrected chi connectivity index (χ3v) is 4.90. The molecule has 3 rings (SSSR count). The minimum absolute atomic E-state index is 0.0156.